The highest BCUT2D eigenvalue weighted by atomic mass is 79.9. The monoisotopic (exact) mass is 254 g/mol. The van der Waals surface area contributed by atoms with Gasteiger partial charge in [-0.3, -0.25) is 4.79 Å². The Morgan fingerprint density at radius 2 is 2.14 bits per heavy atom. The second-order valence-electron chi connectivity index (χ2n) is 3.05. The average Bonchev–Trinajstić information content (AvgIpc) is 2.58. The maximum Gasteiger partial charge on any atom is 0.149 e. The van der Waals surface area contributed by atoms with E-state index in [0.29, 0.717) is 17.5 Å². The first kappa shape index (κ1) is 9.33. The molecule has 0 unspecified atom stereocenters. The summed E-state index contributed by atoms with van der Waals surface area (Å²) in [5, 5.41) is 7.51. The Morgan fingerprint density at radius 1 is 1.43 bits per heavy atom. The van der Waals surface area contributed by atoms with E-state index in [1.165, 1.54) is 0 Å². The number of fused-ring (bicyclic) bond motifs is 1. The highest BCUT2D eigenvalue weighted by Gasteiger charge is 2.11. The number of aromatic nitrogens is 2. The third-order valence-corrected chi connectivity index (χ3v) is 2.53. The Bertz CT molecular complexity index is 493. The van der Waals surface area contributed by atoms with Crippen molar-refractivity contribution in [3.8, 4) is 0 Å². The van der Waals surface area contributed by atoms with E-state index in [2.05, 4.69) is 30.9 Å². The zero-order valence-corrected chi connectivity index (χ0v) is 9.04. The standard InChI is InChI=1S/C9H7BrN2O2/c1-5(13)4-6-2-3-7(10)9-8(6)11-14-12-9/h2-3H,4H2,1H3. The van der Waals surface area contributed by atoms with Gasteiger partial charge in [-0.1, -0.05) is 6.07 Å². The molecule has 0 bridgehead atoms. The fourth-order valence-electron chi connectivity index (χ4n) is 1.30. The second kappa shape index (κ2) is 3.49. The molecule has 0 aliphatic rings. The Hall–Kier alpha value is -1.23. The van der Waals surface area contributed by atoms with Crippen LogP contribution in [0.25, 0.3) is 11.0 Å². The molecule has 0 amide bonds. The molecular weight excluding hydrogens is 248 g/mol. The Kier molecular flexibility index (Phi) is 2.33. The number of rotatable bonds is 2. The maximum absolute atomic E-state index is 11.0. The summed E-state index contributed by atoms with van der Waals surface area (Å²) in [7, 11) is 0. The van der Waals surface area contributed by atoms with E-state index in [0.717, 1.165) is 10.0 Å². The van der Waals surface area contributed by atoms with Crippen LogP contribution in [-0.2, 0) is 11.2 Å². The van der Waals surface area contributed by atoms with Gasteiger partial charge in [0.05, 0.1) is 0 Å². The lowest BCUT2D eigenvalue weighted by molar-refractivity contribution is -0.116. The van der Waals surface area contributed by atoms with Crippen molar-refractivity contribution in [3.05, 3.63) is 22.2 Å². The maximum atomic E-state index is 11.0. The van der Waals surface area contributed by atoms with Crippen molar-refractivity contribution in [1.82, 2.24) is 10.3 Å². The highest BCUT2D eigenvalue weighted by molar-refractivity contribution is 9.10. The van der Waals surface area contributed by atoms with Gasteiger partial charge in [-0.15, -0.1) is 0 Å². The molecule has 14 heavy (non-hydrogen) atoms. The van der Waals surface area contributed by atoms with Crippen LogP contribution < -0.4 is 0 Å². The summed E-state index contributed by atoms with van der Waals surface area (Å²) in [6.45, 7) is 1.54. The van der Waals surface area contributed by atoms with Gasteiger partial charge in [0.2, 0.25) is 0 Å². The first-order valence-corrected chi connectivity index (χ1v) is 4.87. The van der Waals surface area contributed by atoms with Crippen molar-refractivity contribution in [2.24, 2.45) is 0 Å². The molecule has 5 heteroatoms. The van der Waals surface area contributed by atoms with E-state index in [9.17, 15) is 4.79 Å². The summed E-state index contributed by atoms with van der Waals surface area (Å²) in [6.07, 6.45) is 0.359. The van der Waals surface area contributed by atoms with Crippen molar-refractivity contribution in [2.75, 3.05) is 0 Å². The third-order valence-electron chi connectivity index (χ3n) is 1.89. The van der Waals surface area contributed by atoms with Gasteiger partial charge in [0.15, 0.2) is 0 Å². The molecule has 0 spiro atoms. The molecule has 0 saturated carbocycles. The van der Waals surface area contributed by atoms with Gasteiger partial charge in [-0.05, 0) is 44.8 Å². The second-order valence-corrected chi connectivity index (χ2v) is 3.90. The minimum absolute atomic E-state index is 0.0941. The number of hydrogen-bond acceptors (Lipinski definition) is 4. The largest absolute Gasteiger partial charge is 0.300 e. The molecule has 0 N–H and O–H groups in total. The molecule has 0 atom stereocenters. The van der Waals surface area contributed by atoms with Crippen LogP contribution in [0, 0.1) is 0 Å². The molecule has 4 nitrogen and oxygen atoms in total. The van der Waals surface area contributed by atoms with E-state index in [4.69, 9.17) is 0 Å². The van der Waals surface area contributed by atoms with Crippen LogP contribution in [0.4, 0.5) is 0 Å². The van der Waals surface area contributed by atoms with E-state index in [-0.39, 0.29) is 5.78 Å². The molecule has 0 fully saturated rings. The molecule has 1 aromatic heterocycles. The number of nitrogens with zero attached hydrogens (tertiary/aromatic N) is 2. The van der Waals surface area contributed by atoms with Crippen molar-refractivity contribution in [3.63, 3.8) is 0 Å². The topological polar surface area (TPSA) is 56.0 Å². The first-order chi connectivity index (χ1) is 6.68. The lowest BCUT2D eigenvalue weighted by atomic mass is 10.1. The van der Waals surface area contributed by atoms with Crippen LogP contribution in [0.3, 0.4) is 0 Å². The van der Waals surface area contributed by atoms with Gasteiger partial charge in [0.25, 0.3) is 0 Å². The van der Waals surface area contributed by atoms with Crippen LogP contribution >= 0.6 is 15.9 Å². The number of carbonyl (C=O) groups excluding carboxylic acids is 1. The fourth-order valence-corrected chi connectivity index (χ4v) is 1.69. The minimum Gasteiger partial charge on any atom is -0.300 e. The Balaban J connectivity index is 2.60. The Morgan fingerprint density at radius 3 is 2.86 bits per heavy atom. The van der Waals surface area contributed by atoms with Gasteiger partial charge in [-0.25, -0.2) is 4.63 Å². The zero-order valence-electron chi connectivity index (χ0n) is 7.45. The van der Waals surface area contributed by atoms with Gasteiger partial charge in [0.1, 0.15) is 16.8 Å². The predicted octanol–water partition coefficient (Wildman–Crippen LogP) is 2.12. The van der Waals surface area contributed by atoms with Crippen LogP contribution in [-0.4, -0.2) is 16.1 Å². The number of hydrogen-bond donors (Lipinski definition) is 0. The smallest absolute Gasteiger partial charge is 0.149 e. The van der Waals surface area contributed by atoms with Crippen molar-refractivity contribution in [2.45, 2.75) is 13.3 Å². The first-order valence-electron chi connectivity index (χ1n) is 4.07. The molecule has 1 heterocycles. The number of benzene rings is 1. The molecule has 0 aliphatic carbocycles. The van der Waals surface area contributed by atoms with Crippen LogP contribution in [0.5, 0.6) is 0 Å². The van der Waals surface area contributed by atoms with Gasteiger partial charge >= 0.3 is 0 Å². The summed E-state index contributed by atoms with van der Waals surface area (Å²) < 4.78 is 5.45. The van der Waals surface area contributed by atoms with E-state index < -0.39 is 0 Å². The van der Waals surface area contributed by atoms with Crippen molar-refractivity contribution in [1.29, 1.82) is 0 Å². The summed E-state index contributed by atoms with van der Waals surface area (Å²) in [5.41, 5.74) is 2.15. The van der Waals surface area contributed by atoms with Gasteiger partial charge < -0.3 is 0 Å². The van der Waals surface area contributed by atoms with Crippen LogP contribution in [0.2, 0.25) is 0 Å². The van der Waals surface area contributed by atoms with Crippen molar-refractivity contribution < 1.29 is 9.42 Å². The molecular formula is C9H7BrN2O2. The molecule has 0 saturated heterocycles. The normalized spacial score (nSPS) is 10.7. The summed E-state index contributed by atoms with van der Waals surface area (Å²) in [4.78, 5) is 11.0. The van der Waals surface area contributed by atoms with E-state index >= 15 is 0 Å². The van der Waals surface area contributed by atoms with Crippen LogP contribution in [0.15, 0.2) is 21.2 Å². The van der Waals surface area contributed by atoms with E-state index in [1.54, 1.807) is 6.92 Å². The molecule has 72 valence electrons. The predicted molar refractivity (Wildman–Crippen MR) is 53.9 cm³/mol. The summed E-state index contributed by atoms with van der Waals surface area (Å²) in [6, 6.07) is 3.68. The highest BCUT2D eigenvalue weighted by Crippen LogP contribution is 2.24. The lowest BCUT2D eigenvalue weighted by Gasteiger charge is -1.97. The minimum atomic E-state index is 0.0941. The lowest BCUT2D eigenvalue weighted by Crippen LogP contribution is -1.97. The summed E-state index contributed by atoms with van der Waals surface area (Å²) in [5.74, 6) is 0.0941. The Labute approximate surface area is 88.4 Å². The average molecular weight is 255 g/mol. The SMILES string of the molecule is CC(=O)Cc1ccc(Br)c2nonc12. The van der Waals surface area contributed by atoms with Gasteiger partial charge in [0, 0.05) is 10.9 Å². The van der Waals surface area contributed by atoms with Crippen LogP contribution in [0.1, 0.15) is 12.5 Å². The number of carbonyl (C=O) groups is 1. The molecule has 2 aromatic rings. The molecule has 1 aromatic carbocycles. The van der Waals surface area contributed by atoms with E-state index in [1.807, 2.05) is 12.1 Å². The fraction of sp³-hybridized carbons (Fsp3) is 0.222. The number of Topliss-reactive ketones (excluding diaryl/α,β-unsaturated/α-hetero) is 1. The molecule has 2 rings (SSSR count). The van der Waals surface area contributed by atoms with Gasteiger partial charge in [-0.2, -0.15) is 0 Å². The zero-order chi connectivity index (χ0) is 10.1. The number of ketones is 1. The summed E-state index contributed by atoms with van der Waals surface area (Å²) >= 11 is 3.33. The quantitative estimate of drug-likeness (QED) is 0.824. The molecule has 0 aliphatic heterocycles. The number of halogens is 1. The molecule has 0 radical (unpaired) electrons. The van der Waals surface area contributed by atoms with Crippen molar-refractivity contribution >= 4 is 32.7 Å². The third kappa shape index (κ3) is 1.55.